The second-order valence-corrected chi connectivity index (χ2v) is 6.26. The van der Waals surface area contributed by atoms with E-state index in [0.717, 1.165) is 0 Å². The molecule has 0 radical (unpaired) electrons. The van der Waals surface area contributed by atoms with Gasteiger partial charge in [-0.2, -0.15) is 0 Å². The number of aliphatic carboxylic acids is 1. The lowest BCUT2D eigenvalue weighted by Gasteiger charge is -2.12. The van der Waals surface area contributed by atoms with Crippen molar-refractivity contribution in [3.05, 3.63) is 52.0 Å². The molecule has 0 aliphatic carbocycles. The second kappa shape index (κ2) is 8.85. The first-order chi connectivity index (χ1) is 12.7. The number of benzene rings is 2. The summed E-state index contributed by atoms with van der Waals surface area (Å²) < 4.78 is 5.60. The highest BCUT2D eigenvalue weighted by Gasteiger charge is 2.17. The second-order valence-electron chi connectivity index (χ2n) is 5.44. The maximum Gasteiger partial charge on any atom is 0.394 e. The van der Waals surface area contributed by atoms with Gasteiger partial charge in [-0.3, -0.25) is 9.59 Å². The summed E-state index contributed by atoms with van der Waals surface area (Å²) in [6.45, 7) is 1.70. The van der Waals surface area contributed by atoms with Gasteiger partial charge in [0.2, 0.25) is 0 Å². The van der Waals surface area contributed by atoms with Crippen LogP contribution in [-0.4, -0.2) is 34.0 Å². The van der Waals surface area contributed by atoms with Crippen molar-refractivity contribution >= 4 is 46.5 Å². The molecular weight excluding hydrogens is 397 g/mol. The molecule has 1 atom stereocenters. The van der Waals surface area contributed by atoms with Gasteiger partial charge in [-0.25, -0.2) is 4.79 Å². The third kappa shape index (κ3) is 5.19. The van der Waals surface area contributed by atoms with Crippen molar-refractivity contribution in [1.82, 2.24) is 0 Å². The van der Waals surface area contributed by atoms with E-state index < -0.39 is 23.8 Å². The van der Waals surface area contributed by atoms with Gasteiger partial charge < -0.3 is 20.3 Å². The number of amides is 1. The number of rotatable bonds is 6. The van der Waals surface area contributed by atoms with E-state index in [1.54, 1.807) is 6.92 Å². The summed E-state index contributed by atoms with van der Waals surface area (Å²) in [6.07, 6.45) is -0.748. The highest BCUT2D eigenvalue weighted by molar-refractivity contribution is 6.39. The van der Waals surface area contributed by atoms with Gasteiger partial charge in [-0.05, 0) is 42.8 Å². The minimum atomic E-state index is -1.65. The molecule has 142 valence electrons. The van der Waals surface area contributed by atoms with Crippen molar-refractivity contribution in [1.29, 1.82) is 0 Å². The van der Waals surface area contributed by atoms with Crippen molar-refractivity contribution < 1.29 is 29.3 Å². The maximum atomic E-state index is 11.9. The van der Waals surface area contributed by atoms with Gasteiger partial charge in [0.25, 0.3) is 0 Å². The van der Waals surface area contributed by atoms with E-state index in [-0.39, 0.29) is 21.5 Å². The van der Waals surface area contributed by atoms with Crippen LogP contribution in [0.1, 0.15) is 23.7 Å². The lowest BCUT2D eigenvalue weighted by Crippen LogP contribution is -2.21. The number of Topliss-reactive ketones (excluding diaryl/α,β-unsaturated/α-hetero) is 1. The highest BCUT2D eigenvalue weighted by atomic mass is 35.5. The van der Waals surface area contributed by atoms with E-state index in [1.807, 2.05) is 0 Å². The molecule has 0 aliphatic heterocycles. The van der Waals surface area contributed by atoms with Crippen molar-refractivity contribution in [3.63, 3.8) is 0 Å². The first-order valence-electron chi connectivity index (χ1n) is 7.76. The zero-order valence-corrected chi connectivity index (χ0v) is 15.5. The van der Waals surface area contributed by atoms with E-state index in [4.69, 9.17) is 33.0 Å². The van der Waals surface area contributed by atoms with Crippen LogP contribution in [0.15, 0.2) is 36.4 Å². The van der Waals surface area contributed by atoms with Crippen LogP contribution in [0.25, 0.3) is 0 Å². The molecule has 27 heavy (non-hydrogen) atoms. The average molecular weight is 412 g/mol. The number of anilines is 1. The molecule has 3 N–H and O–H groups in total. The number of carboxylic acids is 1. The van der Waals surface area contributed by atoms with Gasteiger partial charge in [-0.1, -0.05) is 30.1 Å². The third-order valence-electron chi connectivity index (χ3n) is 3.50. The number of hydrogen-bond acceptors (Lipinski definition) is 5. The molecule has 0 bridgehead atoms. The Hall–Kier alpha value is -2.61. The fourth-order valence-corrected chi connectivity index (χ4v) is 2.66. The molecule has 2 rings (SSSR count). The number of ether oxygens (including phenoxy) is 1. The normalized spacial score (nSPS) is 11.6. The van der Waals surface area contributed by atoms with E-state index in [2.05, 4.69) is 5.32 Å². The summed E-state index contributed by atoms with van der Waals surface area (Å²) in [6, 6.07) is 8.61. The Morgan fingerprint density at radius 1 is 1.11 bits per heavy atom. The standard InChI is InChI=1S/C18H15Cl2NO6/c1-2-14(22)15(23)9-3-5-11(6-4-9)27-16-12(19)7-10(8-13(16)20)21-17(24)18(25)26/h3-8,14,22H,2H2,1H3,(H,21,24)(H,25,26). The number of aliphatic hydroxyl groups is 1. The minimum Gasteiger partial charge on any atom is -0.474 e. The molecule has 1 unspecified atom stereocenters. The number of nitrogens with one attached hydrogen (secondary N) is 1. The number of carboxylic acid groups (broad SMARTS) is 1. The van der Waals surface area contributed by atoms with Crippen molar-refractivity contribution in [2.75, 3.05) is 5.32 Å². The molecular formula is C18H15Cl2NO6. The van der Waals surface area contributed by atoms with Crippen molar-refractivity contribution in [2.45, 2.75) is 19.4 Å². The predicted octanol–water partition coefficient (Wildman–Crippen LogP) is 3.76. The molecule has 0 heterocycles. The Kier molecular flexibility index (Phi) is 6.79. The minimum absolute atomic E-state index is 0.0461. The van der Waals surface area contributed by atoms with E-state index in [9.17, 15) is 19.5 Å². The summed E-state index contributed by atoms with van der Waals surface area (Å²) in [5.41, 5.74) is 0.430. The first-order valence-corrected chi connectivity index (χ1v) is 8.52. The topological polar surface area (TPSA) is 113 Å². The Balaban J connectivity index is 2.19. The number of carbonyl (C=O) groups is 3. The molecule has 9 heteroatoms. The SMILES string of the molecule is CCC(O)C(=O)c1ccc(Oc2c(Cl)cc(NC(=O)C(=O)O)cc2Cl)cc1. The Morgan fingerprint density at radius 3 is 2.15 bits per heavy atom. The Morgan fingerprint density at radius 2 is 1.67 bits per heavy atom. The molecule has 7 nitrogen and oxygen atoms in total. The van der Waals surface area contributed by atoms with Gasteiger partial charge >= 0.3 is 11.9 Å². The molecule has 0 spiro atoms. The number of hydrogen-bond donors (Lipinski definition) is 3. The van der Waals surface area contributed by atoms with Crippen LogP contribution in [0.3, 0.4) is 0 Å². The predicted molar refractivity (Wildman–Crippen MR) is 99.9 cm³/mol. The summed E-state index contributed by atoms with van der Waals surface area (Å²) >= 11 is 12.2. The van der Waals surface area contributed by atoms with Crippen LogP contribution >= 0.6 is 23.2 Å². The van der Waals surface area contributed by atoms with Gasteiger partial charge in [0.1, 0.15) is 11.9 Å². The number of aliphatic hydroxyl groups excluding tert-OH is 1. The lowest BCUT2D eigenvalue weighted by atomic mass is 10.0. The lowest BCUT2D eigenvalue weighted by molar-refractivity contribution is -0.147. The smallest absolute Gasteiger partial charge is 0.394 e. The quantitative estimate of drug-likeness (QED) is 0.492. The zero-order valence-electron chi connectivity index (χ0n) is 14.0. The molecule has 2 aromatic rings. The summed E-state index contributed by atoms with van der Waals surface area (Å²) in [5.74, 6) is -2.84. The van der Waals surface area contributed by atoms with E-state index in [1.165, 1.54) is 36.4 Å². The molecule has 0 saturated carbocycles. The third-order valence-corrected chi connectivity index (χ3v) is 4.06. The van der Waals surface area contributed by atoms with Crippen LogP contribution in [0.4, 0.5) is 5.69 Å². The summed E-state index contributed by atoms with van der Waals surface area (Å²) in [5, 5.41) is 20.4. The van der Waals surface area contributed by atoms with Crippen LogP contribution in [0, 0.1) is 0 Å². The first kappa shape index (κ1) is 20.7. The van der Waals surface area contributed by atoms with E-state index >= 15 is 0 Å². The Labute approximate surface area is 164 Å². The highest BCUT2D eigenvalue weighted by Crippen LogP contribution is 2.38. The maximum absolute atomic E-state index is 11.9. The van der Waals surface area contributed by atoms with Crippen LogP contribution in [0.2, 0.25) is 10.0 Å². The van der Waals surface area contributed by atoms with Gasteiger partial charge in [0, 0.05) is 11.3 Å². The van der Waals surface area contributed by atoms with Gasteiger partial charge in [0.05, 0.1) is 10.0 Å². The fourth-order valence-electron chi connectivity index (χ4n) is 2.10. The van der Waals surface area contributed by atoms with Gasteiger partial charge in [0.15, 0.2) is 11.5 Å². The van der Waals surface area contributed by atoms with Crippen LogP contribution in [-0.2, 0) is 9.59 Å². The van der Waals surface area contributed by atoms with Crippen molar-refractivity contribution in [3.8, 4) is 11.5 Å². The monoisotopic (exact) mass is 411 g/mol. The number of ketones is 1. The molecule has 0 fully saturated rings. The molecule has 2 aromatic carbocycles. The van der Waals surface area contributed by atoms with Crippen LogP contribution in [0.5, 0.6) is 11.5 Å². The molecule has 0 aromatic heterocycles. The summed E-state index contributed by atoms with van der Waals surface area (Å²) in [4.78, 5) is 33.7. The Bertz CT molecular complexity index is 859. The van der Waals surface area contributed by atoms with E-state index in [0.29, 0.717) is 17.7 Å². The number of halogens is 2. The van der Waals surface area contributed by atoms with Crippen LogP contribution < -0.4 is 10.1 Å². The zero-order chi connectivity index (χ0) is 20.1. The van der Waals surface area contributed by atoms with Gasteiger partial charge in [-0.15, -0.1) is 0 Å². The number of carbonyl (C=O) groups excluding carboxylic acids is 2. The molecule has 1 amide bonds. The largest absolute Gasteiger partial charge is 0.474 e. The fraction of sp³-hybridized carbons (Fsp3) is 0.167. The molecule has 0 saturated heterocycles. The van der Waals surface area contributed by atoms with Crippen molar-refractivity contribution in [2.24, 2.45) is 0 Å². The summed E-state index contributed by atoms with van der Waals surface area (Å²) in [7, 11) is 0. The molecule has 0 aliphatic rings. The average Bonchev–Trinajstić information content (AvgIpc) is 2.63.